The maximum atomic E-state index is 12.2. The van der Waals surface area contributed by atoms with Gasteiger partial charge in [-0.3, -0.25) is 4.79 Å². The van der Waals surface area contributed by atoms with Crippen LogP contribution in [0, 0.1) is 0 Å². The largest absolute Gasteiger partial charge is 0.467 e. The molecule has 40 heavy (non-hydrogen) atoms. The second kappa shape index (κ2) is 15.3. The summed E-state index contributed by atoms with van der Waals surface area (Å²) in [6, 6.07) is 0.318. The van der Waals surface area contributed by atoms with E-state index in [1.807, 2.05) is 22.5 Å². The average Bonchev–Trinajstić information content (AvgIpc) is 3.59. The number of carbonyl (C=O) groups is 4. The van der Waals surface area contributed by atoms with Crippen molar-refractivity contribution in [1.82, 2.24) is 30.8 Å². The number of thioether (sulfide) groups is 1. The van der Waals surface area contributed by atoms with E-state index >= 15 is 0 Å². The third-order valence-corrected chi connectivity index (χ3v) is 10.2. The summed E-state index contributed by atoms with van der Waals surface area (Å²) in [6.07, 6.45) is 7.04. The Morgan fingerprint density at radius 1 is 1.23 bits per heavy atom. The highest BCUT2D eigenvalue weighted by Gasteiger charge is 2.42. The Hall–Kier alpha value is -2.74. The van der Waals surface area contributed by atoms with Crippen LogP contribution in [0.2, 0.25) is 25.7 Å². The van der Waals surface area contributed by atoms with Crippen LogP contribution in [0.1, 0.15) is 37.8 Å². The quantitative estimate of drug-likeness (QED) is 0.0982. The molecule has 2 aliphatic rings. The van der Waals surface area contributed by atoms with Crippen LogP contribution in [0.3, 0.4) is 0 Å². The minimum Gasteiger partial charge on any atom is -0.467 e. The van der Waals surface area contributed by atoms with Gasteiger partial charge in [0, 0.05) is 51.2 Å². The van der Waals surface area contributed by atoms with Gasteiger partial charge in [0.05, 0.1) is 37.8 Å². The number of unbranched alkanes of at least 4 members (excludes halogenated alkanes) is 1. The van der Waals surface area contributed by atoms with Crippen molar-refractivity contribution in [2.45, 2.75) is 94.1 Å². The molecule has 0 bridgehead atoms. The number of esters is 1. The van der Waals surface area contributed by atoms with Gasteiger partial charge in [-0.2, -0.15) is 11.8 Å². The normalized spacial score (nSPS) is 20.7. The molecular formula is C26H44N6O6SSi. The number of methoxy groups -OCH3 is 1. The van der Waals surface area contributed by atoms with Gasteiger partial charge >= 0.3 is 18.1 Å². The van der Waals surface area contributed by atoms with Crippen molar-refractivity contribution in [2.75, 3.05) is 26.0 Å². The standard InChI is InChI=1S/C26H44N6O6SSi/c1-37-24(34)19(30-26(36)38-12-13-40(2,3)4)14-18-15-32(17-28-18)11-7-10-27-22(33)9-6-5-8-21-23-20(16-39-21)29-25(35)31-23/h15,17,19-21,23H,5-14,16H2,1-4H3,(H,27,33)(H,30,36)(H2,29,31,35)/t19-,20-,21-,23-/m0/s1. The molecule has 4 amide bonds. The lowest BCUT2D eigenvalue weighted by molar-refractivity contribution is -0.143. The number of imidazole rings is 1. The van der Waals surface area contributed by atoms with E-state index in [4.69, 9.17) is 9.47 Å². The summed E-state index contributed by atoms with van der Waals surface area (Å²) in [7, 11) is -0.0592. The summed E-state index contributed by atoms with van der Waals surface area (Å²) < 4.78 is 12.0. The third-order valence-electron chi connectivity index (χ3n) is 6.96. The zero-order chi connectivity index (χ0) is 29.1. The van der Waals surface area contributed by atoms with Crippen molar-refractivity contribution in [3.63, 3.8) is 0 Å². The number of ether oxygens (including phenoxy) is 2. The van der Waals surface area contributed by atoms with Crippen LogP contribution in [0.5, 0.6) is 0 Å². The van der Waals surface area contributed by atoms with Gasteiger partial charge in [0.1, 0.15) is 6.04 Å². The number of rotatable bonds is 16. The summed E-state index contributed by atoms with van der Waals surface area (Å²) in [5, 5.41) is 11.9. The minimum absolute atomic E-state index is 0.0443. The molecule has 2 saturated heterocycles. The monoisotopic (exact) mass is 596 g/mol. The number of hydrogen-bond donors (Lipinski definition) is 4. The smallest absolute Gasteiger partial charge is 0.407 e. The maximum Gasteiger partial charge on any atom is 0.407 e. The Labute approximate surface area is 241 Å². The maximum absolute atomic E-state index is 12.2. The van der Waals surface area contributed by atoms with E-state index in [0.717, 1.165) is 37.5 Å². The van der Waals surface area contributed by atoms with Gasteiger partial charge in [-0.15, -0.1) is 0 Å². The van der Waals surface area contributed by atoms with E-state index in [-0.39, 0.29) is 30.4 Å². The second-order valence-electron chi connectivity index (χ2n) is 11.5. The van der Waals surface area contributed by atoms with Gasteiger partial charge < -0.3 is 35.3 Å². The lowest BCUT2D eigenvalue weighted by Crippen LogP contribution is -2.43. The number of carbonyl (C=O) groups excluding carboxylic acids is 4. The van der Waals surface area contributed by atoms with Crippen LogP contribution >= 0.6 is 11.8 Å². The molecule has 14 heteroatoms. The molecule has 0 saturated carbocycles. The zero-order valence-electron chi connectivity index (χ0n) is 24.0. The molecule has 0 unspecified atom stereocenters. The van der Waals surface area contributed by atoms with Crippen molar-refractivity contribution in [3.05, 3.63) is 18.2 Å². The summed E-state index contributed by atoms with van der Waals surface area (Å²) in [6.45, 7) is 8.12. The van der Waals surface area contributed by atoms with E-state index in [1.165, 1.54) is 7.11 Å². The van der Waals surface area contributed by atoms with Gasteiger partial charge in [0.15, 0.2) is 0 Å². The van der Waals surface area contributed by atoms with Gasteiger partial charge in [-0.25, -0.2) is 19.4 Å². The Balaban J connectivity index is 1.29. The van der Waals surface area contributed by atoms with Crippen LogP contribution in [0.15, 0.2) is 12.5 Å². The van der Waals surface area contributed by atoms with Crippen molar-refractivity contribution in [1.29, 1.82) is 0 Å². The molecule has 224 valence electrons. The van der Waals surface area contributed by atoms with E-state index in [0.29, 0.717) is 37.1 Å². The zero-order valence-corrected chi connectivity index (χ0v) is 25.8. The Bertz CT molecular complexity index is 1020. The van der Waals surface area contributed by atoms with Crippen LogP contribution in [-0.4, -0.2) is 91.0 Å². The van der Waals surface area contributed by atoms with Crippen LogP contribution in [0.25, 0.3) is 0 Å². The molecule has 1 aromatic rings. The number of nitrogens with zero attached hydrogens (tertiary/aromatic N) is 2. The topological polar surface area (TPSA) is 153 Å². The van der Waals surface area contributed by atoms with E-state index in [1.54, 1.807) is 6.33 Å². The Kier molecular flexibility index (Phi) is 12.2. The molecule has 0 spiro atoms. The molecule has 0 radical (unpaired) electrons. The molecule has 0 aromatic carbocycles. The van der Waals surface area contributed by atoms with Crippen molar-refractivity contribution < 1.29 is 28.7 Å². The number of urea groups is 1. The Morgan fingerprint density at radius 2 is 2.02 bits per heavy atom. The fraction of sp³-hybridized carbons (Fsp3) is 0.731. The lowest BCUT2D eigenvalue weighted by atomic mass is 10.0. The van der Waals surface area contributed by atoms with Crippen molar-refractivity contribution >= 4 is 43.8 Å². The number of fused-ring (bicyclic) bond motifs is 1. The highest BCUT2D eigenvalue weighted by atomic mass is 32.2. The van der Waals surface area contributed by atoms with Gasteiger partial charge in [0.25, 0.3) is 0 Å². The first-order chi connectivity index (χ1) is 19.0. The van der Waals surface area contributed by atoms with Gasteiger partial charge in [-0.05, 0) is 25.3 Å². The average molecular weight is 597 g/mol. The molecule has 4 N–H and O–H groups in total. The fourth-order valence-electron chi connectivity index (χ4n) is 4.66. The predicted molar refractivity (Wildman–Crippen MR) is 156 cm³/mol. The number of hydrogen-bond acceptors (Lipinski definition) is 8. The highest BCUT2D eigenvalue weighted by Crippen LogP contribution is 2.33. The Morgan fingerprint density at radius 3 is 2.77 bits per heavy atom. The minimum atomic E-state index is -1.34. The molecule has 1 aromatic heterocycles. The molecule has 3 heterocycles. The molecule has 0 aliphatic carbocycles. The van der Waals surface area contributed by atoms with E-state index in [9.17, 15) is 19.2 Å². The van der Waals surface area contributed by atoms with Crippen LogP contribution in [-0.2, 0) is 32.0 Å². The summed E-state index contributed by atoms with van der Waals surface area (Å²) in [5.41, 5.74) is 0.640. The molecular weight excluding hydrogens is 552 g/mol. The molecule has 3 rings (SSSR count). The first-order valence-corrected chi connectivity index (χ1v) is 18.8. The van der Waals surface area contributed by atoms with Crippen LogP contribution < -0.4 is 21.3 Å². The molecule has 12 nitrogen and oxygen atoms in total. The van der Waals surface area contributed by atoms with Gasteiger partial charge in [-0.1, -0.05) is 26.1 Å². The number of aromatic nitrogens is 2. The van der Waals surface area contributed by atoms with Gasteiger partial charge in [0.2, 0.25) is 5.91 Å². The summed E-state index contributed by atoms with van der Waals surface area (Å²) in [5.74, 6) is 0.430. The fourth-order valence-corrected chi connectivity index (χ4v) is 6.92. The molecule has 4 atom stereocenters. The van der Waals surface area contributed by atoms with E-state index < -0.39 is 26.2 Å². The first-order valence-electron chi connectivity index (χ1n) is 14.0. The SMILES string of the molecule is COC(=O)[C@H](Cc1cn(CCCNC(=O)CCCC[C@@H]2SC[C@@H]3NC(=O)N[C@@H]32)cn1)NC(=O)OCC[Si](C)(C)C. The number of amides is 4. The summed E-state index contributed by atoms with van der Waals surface area (Å²) >= 11 is 1.89. The highest BCUT2D eigenvalue weighted by molar-refractivity contribution is 8.00. The second-order valence-corrected chi connectivity index (χ2v) is 18.4. The van der Waals surface area contributed by atoms with Crippen molar-refractivity contribution in [3.8, 4) is 0 Å². The first kappa shape index (κ1) is 31.8. The predicted octanol–water partition coefficient (Wildman–Crippen LogP) is 2.26. The lowest BCUT2D eigenvalue weighted by Gasteiger charge is -2.18. The van der Waals surface area contributed by atoms with E-state index in [2.05, 4.69) is 45.9 Å². The summed E-state index contributed by atoms with van der Waals surface area (Å²) in [4.78, 5) is 52.4. The molecule has 2 aliphatic heterocycles. The number of nitrogens with one attached hydrogen (secondary N) is 4. The molecule has 2 fully saturated rings. The third kappa shape index (κ3) is 10.7. The van der Waals surface area contributed by atoms with Crippen LogP contribution in [0.4, 0.5) is 9.59 Å². The van der Waals surface area contributed by atoms with Crippen molar-refractivity contribution in [2.24, 2.45) is 0 Å². The number of alkyl carbamates (subject to hydrolysis) is 1. The number of aryl methyl sites for hydroxylation is 1.